The number of carbonyl (C=O) groups is 3. The molecule has 41 heavy (non-hydrogen) atoms. The van der Waals surface area contributed by atoms with Gasteiger partial charge in [-0.15, -0.1) is 0 Å². The Balaban J connectivity index is 1.89. The van der Waals surface area contributed by atoms with Gasteiger partial charge in [0.1, 0.15) is 5.75 Å². The first-order valence-corrected chi connectivity index (χ1v) is 15.0. The standard InChI is InChI=1S/C31H52N4O6/c1-20(2)22(18-33-30(38)24-10-6-7-11-28(24)41-15-9-8-14-40-5)16-26(32)27(36)17-25(21(3)4)31(39)34-19-23-12-13-29(37)35-23/h6-7,10-11,20-23,25-27,36H,8-9,12-19,32H2,1-5H3,(H,33,38)(H,34,39)(H,35,37)/t22?,23?,25?,26?,27-/m1/s1. The van der Waals surface area contributed by atoms with Crippen LogP contribution in [0.25, 0.3) is 0 Å². The van der Waals surface area contributed by atoms with Crippen molar-refractivity contribution in [3.63, 3.8) is 0 Å². The minimum Gasteiger partial charge on any atom is -0.493 e. The smallest absolute Gasteiger partial charge is 0.255 e. The molecular formula is C31H52N4O6. The predicted molar refractivity (Wildman–Crippen MR) is 159 cm³/mol. The molecule has 1 aromatic carbocycles. The molecule has 0 bridgehead atoms. The first-order chi connectivity index (χ1) is 19.5. The molecule has 0 aliphatic carbocycles. The Morgan fingerprint density at radius 2 is 1.78 bits per heavy atom. The number of methoxy groups -OCH3 is 1. The highest BCUT2D eigenvalue weighted by Crippen LogP contribution is 2.24. The van der Waals surface area contributed by atoms with Crippen LogP contribution in [0, 0.1) is 23.7 Å². The zero-order valence-electron chi connectivity index (χ0n) is 25.5. The van der Waals surface area contributed by atoms with Gasteiger partial charge in [-0.1, -0.05) is 39.8 Å². The second kappa shape index (κ2) is 18.0. The number of aliphatic hydroxyl groups is 1. The van der Waals surface area contributed by atoms with Crippen LogP contribution in [0.15, 0.2) is 24.3 Å². The van der Waals surface area contributed by atoms with Crippen molar-refractivity contribution in [2.75, 3.05) is 33.4 Å². The molecular weight excluding hydrogens is 524 g/mol. The Hall–Kier alpha value is -2.69. The van der Waals surface area contributed by atoms with Crippen molar-refractivity contribution in [1.29, 1.82) is 0 Å². The van der Waals surface area contributed by atoms with E-state index in [-0.39, 0.29) is 47.9 Å². The summed E-state index contributed by atoms with van der Waals surface area (Å²) < 4.78 is 10.9. The van der Waals surface area contributed by atoms with Crippen molar-refractivity contribution in [2.45, 2.75) is 84.4 Å². The van der Waals surface area contributed by atoms with Crippen LogP contribution in [-0.2, 0) is 14.3 Å². The average molecular weight is 577 g/mol. The lowest BCUT2D eigenvalue weighted by molar-refractivity contribution is -0.128. The van der Waals surface area contributed by atoms with Gasteiger partial charge in [0.2, 0.25) is 11.8 Å². The summed E-state index contributed by atoms with van der Waals surface area (Å²) in [6.07, 6.45) is 2.77. The molecule has 232 valence electrons. The first kappa shape index (κ1) is 34.5. The van der Waals surface area contributed by atoms with Crippen LogP contribution in [0.5, 0.6) is 5.75 Å². The molecule has 2 rings (SSSR count). The number of ether oxygens (including phenoxy) is 2. The van der Waals surface area contributed by atoms with Crippen LogP contribution < -0.4 is 26.4 Å². The molecule has 4 unspecified atom stereocenters. The lowest BCUT2D eigenvalue weighted by Gasteiger charge is -2.30. The summed E-state index contributed by atoms with van der Waals surface area (Å²) in [6.45, 7) is 10.00. The van der Waals surface area contributed by atoms with E-state index in [9.17, 15) is 19.5 Å². The molecule has 3 amide bonds. The maximum atomic E-state index is 13.1. The highest BCUT2D eigenvalue weighted by molar-refractivity contribution is 5.96. The van der Waals surface area contributed by atoms with Crippen molar-refractivity contribution in [3.05, 3.63) is 29.8 Å². The number of hydrogen-bond acceptors (Lipinski definition) is 7. The molecule has 10 nitrogen and oxygen atoms in total. The molecule has 6 N–H and O–H groups in total. The number of unbranched alkanes of at least 4 members (excludes halogenated alkanes) is 1. The lowest BCUT2D eigenvalue weighted by atomic mass is 9.83. The molecule has 1 aliphatic rings. The van der Waals surface area contributed by atoms with E-state index in [4.69, 9.17) is 15.2 Å². The van der Waals surface area contributed by atoms with E-state index in [1.165, 1.54) is 0 Å². The van der Waals surface area contributed by atoms with Crippen molar-refractivity contribution in [3.8, 4) is 5.75 Å². The largest absolute Gasteiger partial charge is 0.493 e. The SMILES string of the molecule is COCCCCOc1ccccc1C(=O)NCC(CC(N)[C@H](O)CC(C(=O)NCC1CCC(=O)N1)C(C)C)C(C)C. The monoisotopic (exact) mass is 576 g/mol. The Kier molecular flexibility index (Phi) is 15.1. The number of amides is 3. The van der Waals surface area contributed by atoms with Gasteiger partial charge in [-0.25, -0.2) is 0 Å². The summed E-state index contributed by atoms with van der Waals surface area (Å²) in [5.74, 6) is 0.0487. The molecule has 1 aliphatic heterocycles. The van der Waals surface area contributed by atoms with E-state index in [2.05, 4.69) is 29.8 Å². The van der Waals surface area contributed by atoms with E-state index in [0.29, 0.717) is 56.9 Å². The number of para-hydroxylation sites is 1. The second-order valence-corrected chi connectivity index (χ2v) is 11.9. The van der Waals surface area contributed by atoms with E-state index in [0.717, 1.165) is 12.8 Å². The minimum atomic E-state index is -0.872. The average Bonchev–Trinajstić information content (AvgIpc) is 3.36. The molecule has 1 heterocycles. The van der Waals surface area contributed by atoms with Crippen LogP contribution in [0.1, 0.15) is 76.6 Å². The van der Waals surface area contributed by atoms with E-state index < -0.39 is 18.1 Å². The van der Waals surface area contributed by atoms with Crippen LogP contribution in [0.4, 0.5) is 0 Å². The van der Waals surface area contributed by atoms with Crippen molar-refractivity contribution in [1.82, 2.24) is 16.0 Å². The Labute approximate surface area is 245 Å². The van der Waals surface area contributed by atoms with Gasteiger partial charge in [0.25, 0.3) is 5.91 Å². The number of nitrogens with one attached hydrogen (secondary N) is 3. The minimum absolute atomic E-state index is 0.00761. The molecule has 0 radical (unpaired) electrons. The molecule has 1 fully saturated rings. The third-order valence-corrected chi connectivity index (χ3v) is 7.91. The summed E-state index contributed by atoms with van der Waals surface area (Å²) in [5, 5.41) is 19.8. The normalized spacial score (nSPS) is 18.1. The van der Waals surface area contributed by atoms with Crippen molar-refractivity contribution >= 4 is 17.7 Å². The van der Waals surface area contributed by atoms with E-state index in [1.54, 1.807) is 19.2 Å². The zero-order chi connectivity index (χ0) is 30.4. The molecule has 0 aromatic heterocycles. The fourth-order valence-electron chi connectivity index (χ4n) is 5.03. The quantitative estimate of drug-likeness (QED) is 0.159. The summed E-state index contributed by atoms with van der Waals surface area (Å²) in [7, 11) is 1.67. The Morgan fingerprint density at radius 1 is 1.07 bits per heavy atom. The van der Waals surface area contributed by atoms with Crippen molar-refractivity contribution in [2.24, 2.45) is 29.4 Å². The number of rotatable bonds is 19. The highest BCUT2D eigenvalue weighted by Gasteiger charge is 2.31. The van der Waals surface area contributed by atoms with Crippen LogP contribution in [-0.4, -0.2) is 74.4 Å². The van der Waals surface area contributed by atoms with Gasteiger partial charge in [-0.3, -0.25) is 14.4 Å². The van der Waals surface area contributed by atoms with Crippen LogP contribution >= 0.6 is 0 Å². The summed E-state index contributed by atoms with van der Waals surface area (Å²) in [5.41, 5.74) is 6.93. The van der Waals surface area contributed by atoms with Gasteiger partial charge in [-0.05, 0) is 62.0 Å². The van der Waals surface area contributed by atoms with Gasteiger partial charge in [0, 0.05) is 51.2 Å². The van der Waals surface area contributed by atoms with Gasteiger partial charge in [0.05, 0.1) is 18.3 Å². The molecule has 5 atom stereocenters. The maximum Gasteiger partial charge on any atom is 0.255 e. The van der Waals surface area contributed by atoms with Gasteiger partial charge < -0.3 is 36.3 Å². The molecule has 1 aromatic rings. The van der Waals surface area contributed by atoms with Gasteiger partial charge >= 0.3 is 0 Å². The zero-order valence-corrected chi connectivity index (χ0v) is 25.5. The number of carbonyl (C=O) groups excluding carboxylic acids is 3. The van der Waals surface area contributed by atoms with E-state index >= 15 is 0 Å². The fourth-order valence-corrected chi connectivity index (χ4v) is 5.03. The number of benzene rings is 1. The molecule has 0 saturated carbocycles. The molecule has 1 saturated heterocycles. The summed E-state index contributed by atoms with van der Waals surface area (Å²) >= 11 is 0. The Morgan fingerprint density at radius 3 is 2.41 bits per heavy atom. The molecule has 10 heteroatoms. The third-order valence-electron chi connectivity index (χ3n) is 7.91. The highest BCUT2D eigenvalue weighted by atomic mass is 16.5. The number of hydrogen-bond donors (Lipinski definition) is 5. The van der Waals surface area contributed by atoms with Crippen LogP contribution in [0.3, 0.4) is 0 Å². The summed E-state index contributed by atoms with van der Waals surface area (Å²) in [4.78, 5) is 37.4. The van der Waals surface area contributed by atoms with Crippen molar-refractivity contribution < 1.29 is 29.0 Å². The first-order valence-electron chi connectivity index (χ1n) is 15.0. The summed E-state index contributed by atoms with van der Waals surface area (Å²) in [6, 6.07) is 6.60. The predicted octanol–water partition coefficient (Wildman–Crippen LogP) is 2.63. The Bertz CT molecular complexity index is 956. The van der Waals surface area contributed by atoms with Gasteiger partial charge in [0.15, 0.2) is 0 Å². The van der Waals surface area contributed by atoms with E-state index in [1.807, 2.05) is 26.0 Å². The fraction of sp³-hybridized carbons (Fsp3) is 0.710. The number of aliphatic hydroxyl groups excluding tert-OH is 1. The van der Waals surface area contributed by atoms with Gasteiger partial charge in [-0.2, -0.15) is 0 Å². The lowest BCUT2D eigenvalue weighted by Crippen LogP contribution is -2.45. The maximum absolute atomic E-state index is 13.1. The van der Waals surface area contributed by atoms with Crippen LogP contribution in [0.2, 0.25) is 0 Å². The second-order valence-electron chi connectivity index (χ2n) is 11.9. The molecule has 0 spiro atoms. The third kappa shape index (κ3) is 12.0. The number of nitrogens with two attached hydrogens (primary N) is 1. The topological polar surface area (TPSA) is 152 Å².